The van der Waals surface area contributed by atoms with Gasteiger partial charge in [0.05, 0.1) is 9.13 Å². The minimum Gasteiger partial charge on any atom is -0.478 e. The molecule has 0 amide bonds. The molecule has 0 saturated heterocycles. The van der Waals surface area contributed by atoms with Crippen LogP contribution < -0.4 is 0 Å². The van der Waals surface area contributed by atoms with Gasteiger partial charge in [0.15, 0.2) is 0 Å². The Morgan fingerprint density at radius 3 is 1.58 bits per heavy atom. The van der Waals surface area contributed by atoms with E-state index in [0.29, 0.717) is 12.1 Å². The standard InChI is InChI=1S/C11H7IO10S2/c13-11(14)7-1-5-3-9(23(17,18)19)10(24(20,21)22)4-6(5)2-8(7)12(15)16/h1-4H,(H,13,14)(H,17,18,19)(H,20,21,22). The highest BCUT2D eigenvalue weighted by Crippen LogP contribution is 2.32. The first-order chi connectivity index (χ1) is 10.8. The van der Waals surface area contributed by atoms with Crippen LogP contribution in [0.15, 0.2) is 34.1 Å². The lowest BCUT2D eigenvalue weighted by atomic mass is 10.1. The summed E-state index contributed by atoms with van der Waals surface area (Å²) in [5.74, 6) is -1.59. The summed E-state index contributed by atoms with van der Waals surface area (Å²) in [5.41, 5.74) is -0.626. The number of hydrogen-bond donors (Lipinski definition) is 3. The van der Waals surface area contributed by atoms with Crippen LogP contribution >= 0.6 is 19.8 Å². The minimum absolute atomic E-state index is 0.149. The summed E-state index contributed by atoms with van der Waals surface area (Å²) in [5, 5.41) is 8.72. The van der Waals surface area contributed by atoms with Crippen LogP contribution in [0, 0.1) is 3.57 Å². The Bertz CT molecular complexity index is 1150. The van der Waals surface area contributed by atoms with E-state index in [1.807, 2.05) is 0 Å². The summed E-state index contributed by atoms with van der Waals surface area (Å²) in [6, 6.07) is 2.93. The predicted molar refractivity (Wildman–Crippen MR) is 84.6 cm³/mol. The van der Waals surface area contributed by atoms with Gasteiger partial charge >= 0.3 is 25.8 Å². The molecule has 0 atom stereocenters. The molecule has 130 valence electrons. The second kappa shape index (κ2) is 5.99. The van der Waals surface area contributed by atoms with Gasteiger partial charge in [-0.2, -0.15) is 16.8 Å². The van der Waals surface area contributed by atoms with Gasteiger partial charge in [0.1, 0.15) is 9.79 Å². The third-order valence-electron chi connectivity index (χ3n) is 2.94. The monoisotopic (exact) mass is 490 g/mol. The fourth-order valence-electron chi connectivity index (χ4n) is 1.97. The second-order valence-electron chi connectivity index (χ2n) is 4.45. The Morgan fingerprint density at radius 2 is 1.25 bits per heavy atom. The lowest BCUT2D eigenvalue weighted by Gasteiger charge is -2.08. The number of halogens is 1. The van der Waals surface area contributed by atoms with Crippen molar-refractivity contribution in [3.05, 3.63) is 33.4 Å². The maximum Gasteiger partial charge on any atom is 0.341 e. The molecular formula is C11H7IO10S2. The molecule has 0 fully saturated rings. The largest absolute Gasteiger partial charge is 0.478 e. The van der Waals surface area contributed by atoms with Gasteiger partial charge < -0.3 is 5.11 Å². The quantitative estimate of drug-likeness (QED) is 0.419. The average molecular weight is 490 g/mol. The molecule has 0 saturated carbocycles. The van der Waals surface area contributed by atoms with Gasteiger partial charge in [-0.05, 0) is 35.0 Å². The highest BCUT2D eigenvalue weighted by molar-refractivity contribution is 14.2. The first kappa shape index (κ1) is 18.7. The van der Waals surface area contributed by atoms with Crippen LogP contribution in [0.2, 0.25) is 0 Å². The van der Waals surface area contributed by atoms with Gasteiger partial charge in [-0.15, -0.1) is 0 Å². The summed E-state index contributed by atoms with van der Waals surface area (Å²) < 4.78 is 85.4. The molecule has 2 rings (SSSR count). The van der Waals surface area contributed by atoms with E-state index in [1.54, 1.807) is 0 Å². The first-order valence-corrected chi connectivity index (χ1v) is 11.4. The highest BCUT2D eigenvalue weighted by Gasteiger charge is 2.26. The summed E-state index contributed by atoms with van der Waals surface area (Å²) in [7, 11) is -10.1. The Morgan fingerprint density at radius 1 is 0.833 bits per heavy atom. The molecule has 10 nitrogen and oxygen atoms in total. The molecule has 0 unspecified atom stereocenters. The topological polar surface area (TPSA) is 180 Å². The maximum atomic E-state index is 11.3. The second-order valence-corrected chi connectivity index (χ2v) is 9.63. The molecular weight excluding hydrogens is 483 g/mol. The van der Waals surface area contributed by atoms with Crippen molar-refractivity contribution in [3.8, 4) is 0 Å². The van der Waals surface area contributed by atoms with Crippen LogP contribution in [0.4, 0.5) is 0 Å². The molecule has 0 heterocycles. The molecule has 2 aromatic rings. The van der Waals surface area contributed by atoms with Crippen molar-refractivity contribution in [3.63, 3.8) is 0 Å². The van der Waals surface area contributed by atoms with E-state index in [4.69, 9.17) is 14.2 Å². The summed E-state index contributed by atoms with van der Waals surface area (Å²) in [6.45, 7) is 0. The number of hydrogen-bond acceptors (Lipinski definition) is 7. The van der Waals surface area contributed by atoms with E-state index in [1.165, 1.54) is 0 Å². The number of carboxylic acid groups (broad SMARTS) is 1. The number of rotatable bonds is 4. The molecule has 24 heavy (non-hydrogen) atoms. The average Bonchev–Trinajstić information content (AvgIpc) is 2.42. The van der Waals surface area contributed by atoms with E-state index >= 15 is 0 Å². The zero-order chi connectivity index (χ0) is 18.4. The van der Waals surface area contributed by atoms with Crippen molar-refractivity contribution in [2.75, 3.05) is 0 Å². The Kier molecular flexibility index (Phi) is 4.66. The maximum absolute atomic E-state index is 11.3. The molecule has 0 aliphatic heterocycles. The van der Waals surface area contributed by atoms with Gasteiger partial charge in [-0.3, -0.25) is 9.11 Å². The van der Waals surface area contributed by atoms with Gasteiger partial charge in [0.2, 0.25) is 0 Å². The fourth-order valence-corrected chi connectivity index (χ4v) is 5.24. The third kappa shape index (κ3) is 3.54. The van der Waals surface area contributed by atoms with Crippen molar-refractivity contribution < 1.29 is 42.0 Å². The smallest absolute Gasteiger partial charge is 0.341 e. The van der Waals surface area contributed by atoms with Crippen molar-refractivity contribution in [1.29, 1.82) is 0 Å². The van der Waals surface area contributed by atoms with Crippen molar-refractivity contribution in [2.45, 2.75) is 9.79 Å². The lowest BCUT2D eigenvalue weighted by molar-refractivity contribution is 0.0695. The van der Waals surface area contributed by atoms with E-state index in [0.717, 1.165) is 12.1 Å². The van der Waals surface area contributed by atoms with Crippen LogP contribution in [0.25, 0.3) is 10.8 Å². The molecule has 0 spiro atoms. The van der Waals surface area contributed by atoms with Gasteiger partial charge in [0.25, 0.3) is 20.2 Å². The summed E-state index contributed by atoms with van der Waals surface area (Å²) in [4.78, 5) is 8.79. The van der Waals surface area contributed by atoms with Crippen LogP contribution in [-0.4, -0.2) is 37.0 Å². The minimum atomic E-state index is -5.07. The predicted octanol–water partition coefficient (Wildman–Crippen LogP) is 1.40. The Labute approximate surface area is 141 Å². The number of aromatic carboxylic acids is 1. The number of benzene rings is 2. The lowest BCUT2D eigenvalue weighted by Crippen LogP contribution is -2.09. The number of carbonyl (C=O) groups is 1. The van der Waals surface area contributed by atoms with Gasteiger partial charge in [-0.1, -0.05) is 0 Å². The van der Waals surface area contributed by atoms with Gasteiger partial charge in [-0.25, -0.2) is 10.9 Å². The molecule has 0 aromatic heterocycles. The Hall–Kier alpha value is -1.68. The zero-order valence-corrected chi connectivity index (χ0v) is 15.0. The number of carboxylic acids is 1. The Balaban J connectivity index is 3.07. The van der Waals surface area contributed by atoms with E-state index in [2.05, 4.69) is 0 Å². The highest BCUT2D eigenvalue weighted by atomic mass is 127. The van der Waals surface area contributed by atoms with E-state index < -0.39 is 64.9 Å². The van der Waals surface area contributed by atoms with Crippen molar-refractivity contribution in [1.82, 2.24) is 0 Å². The molecule has 0 aliphatic rings. The van der Waals surface area contributed by atoms with Crippen molar-refractivity contribution >= 4 is 56.8 Å². The molecule has 0 bridgehead atoms. The zero-order valence-electron chi connectivity index (χ0n) is 11.2. The van der Waals surface area contributed by atoms with Crippen molar-refractivity contribution in [2.24, 2.45) is 0 Å². The van der Waals surface area contributed by atoms with Gasteiger partial charge in [0, 0.05) is 0 Å². The normalized spacial score (nSPS) is 12.6. The molecule has 3 N–H and O–H groups in total. The van der Waals surface area contributed by atoms with E-state index in [9.17, 15) is 27.8 Å². The fraction of sp³-hybridized carbons (Fsp3) is 0. The summed E-state index contributed by atoms with van der Waals surface area (Å²) in [6.07, 6.45) is 0. The van der Waals surface area contributed by atoms with Crippen LogP contribution in [-0.2, 0) is 26.4 Å². The van der Waals surface area contributed by atoms with Crippen LogP contribution in [0.3, 0.4) is 0 Å². The third-order valence-corrected chi connectivity index (χ3v) is 6.70. The summed E-state index contributed by atoms with van der Waals surface area (Å²) >= 11 is -4.27. The van der Waals surface area contributed by atoms with E-state index in [-0.39, 0.29) is 10.8 Å². The molecule has 0 radical (unpaired) electrons. The molecule has 13 heteroatoms. The van der Waals surface area contributed by atoms with Crippen LogP contribution in [0.5, 0.6) is 0 Å². The number of fused-ring (bicyclic) bond motifs is 1. The first-order valence-electron chi connectivity index (χ1n) is 5.67. The molecule has 2 aromatic carbocycles. The van der Waals surface area contributed by atoms with Crippen LogP contribution in [0.1, 0.15) is 10.4 Å². The SMILES string of the molecule is O=C(O)c1cc2cc(S(=O)(=O)O)c(S(=O)(=O)O)cc2cc1I(=O)=O. The molecule has 0 aliphatic carbocycles.